The fraction of sp³-hybridized carbons (Fsp3) is 0.571. The van der Waals surface area contributed by atoms with Crippen LogP contribution in [0.3, 0.4) is 0 Å². The molecule has 0 rings (SSSR count). The van der Waals surface area contributed by atoms with E-state index in [2.05, 4.69) is 13.2 Å². The average Bonchev–Trinajstić information content (AvgIpc) is 2.48. The molecule has 7 nitrogen and oxygen atoms in total. The van der Waals surface area contributed by atoms with Crippen molar-refractivity contribution in [2.75, 3.05) is 27.9 Å². The minimum atomic E-state index is -2.53. The Morgan fingerprint density at radius 1 is 1.00 bits per heavy atom. The van der Waals surface area contributed by atoms with Gasteiger partial charge in [-0.3, -0.25) is 0 Å². The Labute approximate surface area is 143 Å². The lowest BCUT2D eigenvalue weighted by molar-refractivity contribution is -0.139. The van der Waals surface area contributed by atoms with Gasteiger partial charge in [-0.05, 0) is 31.2 Å². The molecule has 0 saturated heterocycles. The van der Waals surface area contributed by atoms with Crippen LogP contribution >= 0.6 is 0 Å². The molecule has 136 valence electrons. The third-order valence-electron chi connectivity index (χ3n) is 2.51. The predicted octanol–water partition coefficient (Wildman–Crippen LogP) is 0.569. The molecule has 0 heterocycles. The van der Waals surface area contributed by atoms with Crippen LogP contribution in [0.1, 0.15) is 20.3 Å². The number of hydrogen-bond donors (Lipinski definition) is 1. The summed E-state index contributed by atoms with van der Waals surface area (Å²) in [5.74, 6) is -1.31. The average molecular weight is 367 g/mol. The van der Waals surface area contributed by atoms with Gasteiger partial charge in [-0.1, -0.05) is 13.2 Å². The predicted molar refractivity (Wildman–Crippen MR) is 95.8 cm³/mol. The lowest BCUT2D eigenvalue weighted by atomic mass is 10.4. The molecule has 0 aromatic rings. The Morgan fingerprint density at radius 3 is 1.65 bits per heavy atom. The molecule has 0 spiro atoms. The molecular weight excluding hydrogens is 336 g/mol. The van der Waals surface area contributed by atoms with Crippen molar-refractivity contribution in [2.24, 2.45) is 0 Å². The molecule has 0 aliphatic carbocycles. The second-order valence-electron chi connectivity index (χ2n) is 4.40. The summed E-state index contributed by atoms with van der Waals surface area (Å²) >= 11 is 0. The van der Waals surface area contributed by atoms with Gasteiger partial charge in [-0.25, -0.2) is 9.59 Å². The first-order valence-corrected chi connectivity index (χ1v) is 8.45. The second-order valence-corrected chi connectivity index (χ2v) is 7.49. The number of aliphatic carboxylic acids is 1. The van der Waals surface area contributed by atoms with Crippen LogP contribution < -0.4 is 0 Å². The lowest BCUT2D eigenvalue weighted by Crippen LogP contribution is -2.42. The third kappa shape index (κ3) is 12.9. The van der Waals surface area contributed by atoms with E-state index in [9.17, 15) is 9.59 Å². The van der Waals surface area contributed by atoms with Gasteiger partial charge in [0, 0.05) is 38.5 Å². The molecule has 0 aromatic carbocycles. The second kappa shape index (κ2) is 14.3. The fourth-order valence-corrected chi connectivity index (χ4v) is 2.82. The zero-order valence-corrected chi connectivity index (χ0v) is 14.9. The van der Waals surface area contributed by atoms with Gasteiger partial charge < -0.3 is 23.1 Å². The van der Waals surface area contributed by atoms with Gasteiger partial charge in [0.15, 0.2) is 0 Å². The summed E-state index contributed by atoms with van der Waals surface area (Å²) in [5, 5.41) is 7.89. The number of carboxylic acid groups (broad SMARTS) is 1. The quantitative estimate of drug-likeness (QED) is 0.276. The van der Waals surface area contributed by atoms with Crippen LogP contribution in [0.2, 0.25) is 6.04 Å². The monoisotopic (exact) mass is 366 g/mol. The van der Waals surface area contributed by atoms with E-state index in [4.69, 9.17) is 23.1 Å². The van der Waals surface area contributed by atoms with E-state index in [0.717, 1.165) is 0 Å². The van der Waals surface area contributed by atoms with Crippen molar-refractivity contribution >= 4 is 31.7 Å². The molecular formula is C14H30O7Si2. The standard InChI is InChI=1S/C10H20O5Si.C4H6O2.H4Si/c1-9(2)10(11)15-7-6-8-16(12-3,13-4)14-5;1-3(2)4(5)6;/h1,6-8H2,2-5H3;1H2,2H3,(H,5,6);1H4. The van der Waals surface area contributed by atoms with Crippen LogP contribution in [0.5, 0.6) is 0 Å². The molecule has 0 atom stereocenters. The zero-order chi connectivity index (χ0) is 17.8. The van der Waals surface area contributed by atoms with E-state index < -0.39 is 14.8 Å². The molecule has 0 aliphatic heterocycles. The molecule has 1 N–H and O–H groups in total. The Bertz CT molecular complexity index is 372. The SMILES string of the molecule is C=C(C)C(=O)O.C=C(C)C(=O)OCCC[Si](OC)(OC)OC.[SiH4]. The van der Waals surface area contributed by atoms with Gasteiger partial charge in [0.25, 0.3) is 0 Å². The molecule has 23 heavy (non-hydrogen) atoms. The van der Waals surface area contributed by atoms with E-state index >= 15 is 0 Å². The minimum Gasteiger partial charge on any atom is -0.478 e. The summed E-state index contributed by atoms with van der Waals surface area (Å²) < 4.78 is 20.6. The van der Waals surface area contributed by atoms with Crippen molar-refractivity contribution in [1.29, 1.82) is 0 Å². The highest BCUT2D eigenvalue weighted by Gasteiger charge is 2.36. The van der Waals surface area contributed by atoms with Gasteiger partial charge in [0.2, 0.25) is 0 Å². The highest BCUT2D eigenvalue weighted by molar-refractivity contribution is 6.60. The fourth-order valence-electron chi connectivity index (χ4n) is 1.13. The maximum Gasteiger partial charge on any atom is 0.500 e. The summed E-state index contributed by atoms with van der Waals surface area (Å²) in [6.07, 6.45) is 0.640. The Hall–Kier alpha value is -1.27. The van der Waals surface area contributed by atoms with Crippen LogP contribution in [0, 0.1) is 0 Å². The van der Waals surface area contributed by atoms with Crippen LogP contribution in [0.4, 0.5) is 0 Å². The van der Waals surface area contributed by atoms with Crippen molar-refractivity contribution in [2.45, 2.75) is 26.3 Å². The van der Waals surface area contributed by atoms with Crippen LogP contribution in [-0.4, -0.2) is 64.8 Å². The smallest absolute Gasteiger partial charge is 0.478 e. The van der Waals surface area contributed by atoms with Crippen LogP contribution in [-0.2, 0) is 27.6 Å². The molecule has 0 fully saturated rings. The third-order valence-corrected chi connectivity index (χ3v) is 5.34. The number of esters is 1. The van der Waals surface area contributed by atoms with E-state index in [-0.39, 0.29) is 22.5 Å². The molecule has 0 saturated carbocycles. The number of hydrogen-bond acceptors (Lipinski definition) is 6. The normalized spacial score (nSPS) is 9.78. The number of ether oxygens (including phenoxy) is 1. The molecule has 0 bridgehead atoms. The molecule has 0 unspecified atom stereocenters. The summed E-state index contributed by atoms with van der Waals surface area (Å²) in [5.41, 5.74) is 0.573. The Morgan fingerprint density at radius 2 is 1.39 bits per heavy atom. The van der Waals surface area contributed by atoms with Gasteiger partial charge in [0.1, 0.15) is 0 Å². The summed E-state index contributed by atoms with van der Waals surface area (Å²) in [4.78, 5) is 20.7. The molecule has 0 aromatic heterocycles. The topological polar surface area (TPSA) is 91.3 Å². The summed E-state index contributed by atoms with van der Waals surface area (Å²) in [6, 6.07) is 0.611. The van der Waals surface area contributed by atoms with Crippen molar-refractivity contribution in [3.05, 3.63) is 24.3 Å². The van der Waals surface area contributed by atoms with Crippen LogP contribution in [0.15, 0.2) is 24.3 Å². The molecule has 0 radical (unpaired) electrons. The number of carboxylic acids is 1. The van der Waals surface area contributed by atoms with Gasteiger partial charge in [-0.15, -0.1) is 0 Å². The molecule has 0 aliphatic rings. The number of rotatable bonds is 9. The van der Waals surface area contributed by atoms with E-state index in [0.29, 0.717) is 24.6 Å². The Kier molecular flexibility index (Phi) is 16.6. The first-order chi connectivity index (χ1) is 10.2. The van der Waals surface area contributed by atoms with Gasteiger partial charge in [-0.2, -0.15) is 0 Å². The lowest BCUT2D eigenvalue weighted by Gasteiger charge is -2.24. The molecule has 9 heteroatoms. The van der Waals surface area contributed by atoms with E-state index in [1.54, 1.807) is 28.3 Å². The highest BCUT2D eigenvalue weighted by atomic mass is 28.4. The first kappa shape index (κ1) is 26.6. The zero-order valence-electron chi connectivity index (χ0n) is 13.9. The van der Waals surface area contributed by atoms with E-state index in [1.807, 2.05) is 0 Å². The van der Waals surface area contributed by atoms with Crippen molar-refractivity contribution in [1.82, 2.24) is 0 Å². The van der Waals surface area contributed by atoms with Crippen molar-refractivity contribution < 1.29 is 32.7 Å². The number of carbonyl (C=O) groups is 2. The maximum atomic E-state index is 11.1. The summed E-state index contributed by atoms with van der Waals surface area (Å²) in [7, 11) is 2.13. The van der Waals surface area contributed by atoms with E-state index in [1.165, 1.54) is 6.92 Å². The van der Waals surface area contributed by atoms with Crippen molar-refractivity contribution in [3.63, 3.8) is 0 Å². The minimum absolute atomic E-state index is 0. The summed E-state index contributed by atoms with van der Waals surface area (Å²) in [6.45, 7) is 10.0. The highest BCUT2D eigenvalue weighted by Crippen LogP contribution is 2.14. The van der Waals surface area contributed by atoms with Gasteiger partial charge >= 0.3 is 20.7 Å². The largest absolute Gasteiger partial charge is 0.500 e. The van der Waals surface area contributed by atoms with Crippen molar-refractivity contribution in [3.8, 4) is 0 Å². The first-order valence-electron chi connectivity index (χ1n) is 6.52. The number of carbonyl (C=O) groups excluding carboxylic acids is 1. The van der Waals surface area contributed by atoms with Crippen LogP contribution in [0.25, 0.3) is 0 Å². The Balaban J connectivity index is -0.000000487. The molecule has 0 amide bonds. The maximum absolute atomic E-state index is 11.1. The van der Waals surface area contributed by atoms with Gasteiger partial charge in [0.05, 0.1) is 6.61 Å².